The van der Waals surface area contributed by atoms with Crippen LogP contribution in [0.15, 0.2) is 24.7 Å². The van der Waals surface area contributed by atoms with Gasteiger partial charge >= 0.3 is 0 Å². The van der Waals surface area contributed by atoms with Crippen LogP contribution in [-0.4, -0.2) is 40.1 Å². The molecule has 0 atom stereocenters. The van der Waals surface area contributed by atoms with Gasteiger partial charge in [0.1, 0.15) is 0 Å². The monoisotopic (exact) mass is 204 g/mol. The third-order valence-electron chi connectivity index (χ3n) is 2.40. The van der Waals surface area contributed by atoms with E-state index >= 15 is 0 Å². The standard InChI is InChI=1S/C11H16N4/c1-14(2)7-4-8-15-9-13-11-10(15)5-3-6-12-11/h3,5-6,9H,4,7-8H2,1-2H3. The molecule has 0 fully saturated rings. The summed E-state index contributed by atoms with van der Waals surface area (Å²) in [6.45, 7) is 2.10. The molecule has 15 heavy (non-hydrogen) atoms. The van der Waals surface area contributed by atoms with Crippen LogP contribution in [-0.2, 0) is 6.54 Å². The molecule has 4 heteroatoms. The summed E-state index contributed by atoms with van der Waals surface area (Å²) in [7, 11) is 4.18. The SMILES string of the molecule is CN(C)CCCn1cnc2ncccc21. The molecule has 0 radical (unpaired) electrons. The van der Waals surface area contributed by atoms with Gasteiger partial charge in [-0.3, -0.25) is 0 Å². The summed E-state index contributed by atoms with van der Waals surface area (Å²) in [6.07, 6.45) is 4.78. The summed E-state index contributed by atoms with van der Waals surface area (Å²) in [4.78, 5) is 10.6. The molecule has 80 valence electrons. The Kier molecular flexibility index (Phi) is 2.97. The highest BCUT2D eigenvalue weighted by Crippen LogP contribution is 2.09. The zero-order valence-corrected chi connectivity index (χ0v) is 9.22. The molecule has 0 aliphatic heterocycles. The Morgan fingerprint density at radius 3 is 3.00 bits per heavy atom. The van der Waals surface area contributed by atoms with E-state index in [2.05, 4.69) is 39.6 Å². The van der Waals surface area contributed by atoms with Crippen LogP contribution < -0.4 is 0 Å². The maximum Gasteiger partial charge on any atom is 0.177 e. The van der Waals surface area contributed by atoms with E-state index in [1.807, 2.05) is 12.4 Å². The fourth-order valence-electron chi connectivity index (χ4n) is 1.63. The van der Waals surface area contributed by atoms with Gasteiger partial charge in [0, 0.05) is 12.7 Å². The van der Waals surface area contributed by atoms with Gasteiger partial charge in [-0.05, 0) is 39.2 Å². The van der Waals surface area contributed by atoms with Gasteiger partial charge < -0.3 is 9.47 Å². The minimum atomic E-state index is 0.836. The fraction of sp³-hybridized carbons (Fsp3) is 0.455. The van der Waals surface area contributed by atoms with Gasteiger partial charge in [0.05, 0.1) is 11.8 Å². The number of aryl methyl sites for hydroxylation is 1. The van der Waals surface area contributed by atoms with Gasteiger partial charge in [0.25, 0.3) is 0 Å². The molecule has 0 spiro atoms. The van der Waals surface area contributed by atoms with Crippen molar-refractivity contribution in [2.75, 3.05) is 20.6 Å². The van der Waals surface area contributed by atoms with Gasteiger partial charge in [-0.25, -0.2) is 9.97 Å². The number of rotatable bonds is 4. The van der Waals surface area contributed by atoms with Crippen LogP contribution >= 0.6 is 0 Å². The third-order valence-corrected chi connectivity index (χ3v) is 2.40. The molecular formula is C11H16N4. The summed E-state index contributed by atoms with van der Waals surface area (Å²) in [5.41, 5.74) is 1.96. The highest BCUT2D eigenvalue weighted by atomic mass is 15.1. The molecule has 0 saturated carbocycles. The van der Waals surface area contributed by atoms with Gasteiger partial charge in [-0.2, -0.15) is 0 Å². The molecule has 0 bridgehead atoms. The summed E-state index contributed by atoms with van der Waals surface area (Å²) in [5, 5.41) is 0. The van der Waals surface area contributed by atoms with Crippen molar-refractivity contribution in [3.05, 3.63) is 24.7 Å². The molecule has 0 aliphatic carbocycles. The summed E-state index contributed by atoms with van der Waals surface area (Å²) in [5.74, 6) is 0. The second-order valence-electron chi connectivity index (χ2n) is 3.94. The molecule has 2 heterocycles. The van der Waals surface area contributed by atoms with E-state index < -0.39 is 0 Å². The van der Waals surface area contributed by atoms with Crippen LogP contribution in [0, 0.1) is 0 Å². The molecule has 4 nitrogen and oxygen atoms in total. The summed E-state index contributed by atoms with van der Waals surface area (Å²) >= 11 is 0. The number of fused-ring (bicyclic) bond motifs is 1. The van der Waals surface area contributed by atoms with Crippen LogP contribution in [0.1, 0.15) is 6.42 Å². The zero-order chi connectivity index (χ0) is 10.7. The lowest BCUT2D eigenvalue weighted by molar-refractivity contribution is 0.387. The van der Waals surface area contributed by atoms with E-state index in [1.165, 1.54) is 0 Å². The van der Waals surface area contributed by atoms with Gasteiger partial charge in [-0.15, -0.1) is 0 Å². The van der Waals surface area contributed by atoms with E-state index in [4.69, 9.17) is 0 Å². The largest absolute Gasteiger partial charge is 0.329 e. The van der Waals surface area contributed by atoms with Crippen LogP contribution in [0.5, 0.6) is 0 Å². The predicted octanol–water partition coefficient (Wildman–Crippen LogP) is 1.38. The number of hydrogen-bond donors (Lipinski definition) is 0. The van der Waals surface area contributed by atoms with Crippen molar-refractivity contribution >= 4 is 11.2 Å². The first-order valence-electron chi connectivity index (χ1n) is 5.18. The second-order valence-corrected chi connectivity index (χ2v) is 3.94. The fourth-order valence-corrected chi connectivity index (χ4v) is 1.63. The van der Waals surface area contributed by atoms with Gasteiger partial charge in [0.2, 0.25) is 0 Å². The van der Waals surface area contributed by atoms with Crippen LogP contribution in [0.2, 0.25) is 0 Å². The topological polar surface area (TPSA) is 34.0 Å². The Hall–Kier alpha value is -1.42. The highest BCUT2D eigenvalue weighted by Gasteiger charge is 2.01. The van der Waals surface area contributed by atoms with Crippen LogP contribution in [0.25, 0.3) is 11.2 Å². The van der Waals surface area contributed by atoms with Crippen molar-refractivity contribution in [2.45, 2.75) is 13.0 Å². The highest BCUT2D eigenvalue weighted by molar-refractivity contribution is 5.70. The van der Waals surface area contributed by atoms with E-state index in [1.54, 1.807) is 6.20 Å². The first-order chi connectivity index (χ1) is 7.27. The Bertz CT molecular complexity index is 433. The molecule has 0 aliphatic rings. The molecule has 2 aromatic heterocycles. The number of nitrogens with zero attached hydrogens (tertiary/aromatic N) is 4. The van der Waals surface area contributed by atoms with Crippen LogP contribution in [0.4, 0.5) is 0 Å². The number of pyridine rings is 1. The van der Waals surface area contributed by atoms with Crippen molar-refractivity contribution in [2.24, 2.45) is 0 Å². The minimum absolute atomic E-state index is 0.836. The Labute approximate surface area is 89.6 Å². The maximum atomic E-state index is 4.25. The molecule has 2 aromatic rings. The van der Waals surface area contributed by atoms with Gasteiger partial charge in [0.15, 0.2) is 5.65 Å². The molecule has 2 rings (SSSR count). The Balaban J connectivity index is 2.08. The number of aromatic nitrogens is 3. The van der Waals surface area contributed by atoms with Crippen molar-refractivity contribution in [1.82, 2.24) is 19.4 Å². The molecule has 0 N–H and O–H groups in total. The van der Waals surface area contributed by atoms with E-state index in [0.717, 1.165) is 30.7 Å². The van der Waals surface area contributed by atoms with Crippen molar-refractivity contribution in [3.8, 4) is 0 Å². The van der Waals surface area contributed by atoms with Crippen molar-refractivity contribution in [3.63, 3.8) is 0 Å². The first kappa shape index (κ1) is 10.1. The molecule has 0 saturated heterocycles. The normalized spacial score (nSPS) is 11.4. The average molecular weight is 204 g/mol. The summed E-state index contributed by atoms with van der Waals surface area (Å²) < 4.78 is 2.16. The third kappa shape index (κ3) is 2.33. The van der Waals surface area contributed by atoms with E-state index in [9.17, 15) is 0 Å². The number of imidazole rings is 1. The Morgan fingerprint density at radius 1 is 1.33 bits per heavy atom. The summed E-state index contributed by atoms with van der Waals surface area (Å²) in [6, 6.07) is 4.01. The quantitative estimate of drug-likeness (QED) is 0.754. The predicted molar refractivity (Wildman–Crippen MR) is 60.7 cm³/mol. The second kappa shape index (κ2) is 4.40. The lowest BCUT2D eigenvalue weighted by Gasteiger charge is -2.09. The lowest BCUT2D eigenvalue weighted by atomic mass is 10.4. The first-order valence-corrected chi connectivity index (χ1v) is 5.18. The minimum Gasteiger partial charge on any atom is -0.329 e. The van der Waals surface area contributed by atoms with Crippen molar-refractivity contribution < 1.29 is 0 Å². The Morgan fingerprint density at radius 2 is 2.20 bits per heavy atom. The van der Waals surface area contributed by atoms with E-state index in [0.29, 0.717) is 0 Å². The van der Waals surface area contributed by atoms with Crippen molar-refractivity contribution in [1.29, 1.82) is 0 Å². The smallest absolute Gasteiger partial charge is 0.177 e. The molecule has 0 unspecified atom stereocenters. The van der Waals surface area contributed by atoms with Gasteiger partial charge in [-0.1, -0.05) is 0 Å². The van der Waals surface area contributed by atoms with E-state index in [-0.39, 0.29) is 0 Å². The molecular weight excluding hydrogens is 188 g/mol. The molecule has 0 aromatic carbocycles. The number of hydrogen-bond acceptors (Lipinski definition) is 3. The average Bonchev–Trinajstić information content (AvgIpc) is 2.62. The maximum absolute atomic E-state index is 4.25. The molecule has 0 amide bonds. The van der Waals surface area contributed by atoms with Crippen LogP contribution in [0.3, 0.4) is 0 Å². The lowest BCUT2D eigenvalue weighted by Crippen LogP contribution is -2.14. The zero-order valence-electron chi connectivity index (χ0n) is 9.22.